The van der Waals surface area contributed by atoms with Crippen LogP contribution < -0.4 is 9.47 Å². The van der Waals surface area contributed by atoms with Crippen molar-refractivity contribution >= 4 is 29.2 Å². The largest absolute Gasteiger partial charge is 0.456 e. The summed E-state index contributed by atoms with van der Waals surface area (Å²) >= 11 is 12.3. The highest BCUT2D eigenvalue weighted by molar-refractivity contribution is 6.33. The topological polar surface area (TPSA) is 70.8 Å². The number of hydrogen-bond acceptors (Lipinski definition) is 6. The van der Waals surface area contributed by atoms with Gasteiger partial charge in [0.05, 0.1) is 10.0 Å². The molecule has 0 saturated carbocycles. The summed E-state index contributed by atoms with van der Waals surface area (Å²) in [6.07, 6.45) is 1.17. The van der Waals surface area contributed by atoms with E-state index in [9.17, 15) is 4.79 Å². The van der Waals surface area contributed by atoms with Gasteiger partial charge in [0.25, 0.3) is 0 Å². The van der Waals surface area contributed by atoms with Crippen LogP contribution in [0.25, 0.3) is 11.3 Å². The van der Waals surface area contributed by atoms with Gasteiger partial charge in [0.1, 0.15) is 6.61 Å². The Morgan fingerprint density at radius 3 is 2.85 bits per heavy atom. The molecule has 1 aliphatic rings. The summed E-state index contributed by atoms with van der Waals surface area (Å²) in [5.41, 5.74) is 1.27. The van der Waals surface area contributed by atoms with Gasteiger partial charge < -0.3 is 18.6 Å². The predicted octanol–water partition coefficient (Wildman–Crippen LogP) is 4.73. The average molecular weight is 392 g/mol. The molecule has 2 aromatic carbocycles. The second-order valence-corrected chi connectivity index (χ2v) is 6.21. The number of halogens is 2. The minimum absolute atomic E-state index is 0.00991. The first-order valence-corrected chi connectivity index (χ1v) is 8.32. The smallest absolute Gasteiger partial charge is 0.361 e. The SMILES string of the molecule is O=C(OCc1cc(Cl)c2c(c1)OCO2)c1ncoc1-c1ccccc1Cl. The Labute approximate surface area is 158 Å². The summed E-state index contributed by atoms with van der Waals surface area (Å²) in [4.78, 5) is 16.4. The summed E-state index contributed by atoms with van der Waals surface area (Å²) in [7, 11) is 0. The maximum absolute atomic E-state index is 12.4. The molecule has 1 aliphatic heterocycles. The van der Waals surface area contributed by atoms with Crippen LogP contribution in [-0.4, -0.2) is 17.7 Å². The van der Waals surface area contributed by atoms with Crippen molar-refractivity contribution in [2.75, 3.05) is 6.79 Å². The Hall–Kier alpha value is -2.70. The zero-order chi connectivity index (χ0) is 18.1. The van der Waals surface area contributed by atoms with Gasteiger partial charge in [0, 0.05) is 5.56 Å². The molecule has 3 aromatic rings. The van der Waals surface area contributed by atoms with Gasteiger partial charge in [-0.25, -0.2) is 9.78 Å². The Morgan fingerprint density at radius 2 is 2.00 bits per heavy atom. The number of carbonyl (C=O) groups excluding carboxylic acids is 1. The van der Waals surface area contributed by atoms with Gasteiger partial charge in [0.2, 0.25) is 6.79 Å². The van der Waals surface area contributed by atoms with Crippen molar-refractivity contribution in [1.29, 1.82) is 0 Å². The van der Waals surface area contributed by atoms with Crippen LogP contribution in [0.15, 0.2) is 47.2 Å². The van der Waals surface area contributed by atoms with Crippen molar-refractivity contribution in [2.24, 2.45) is 0 Å². The average Bonchev–Trinajstić information content (AvgIpc) is 3.29. The number of esters is 1. The minimum Gasteiger partial charge on any atom is -0.456 e. The summed E-state index contributed by atoms with van der Waals surface area (Å²) in [5, 5.41) is 0.838. The Morgan fingerprint density at radius 1 is 1.15 bits per heavy atom. The summed E-state index contributed by atoms with van der Waals surface area (Å²) < 4.78 is 21.2. The summed E-state index contributed by atoms with van der Waals surface area (Å²) in [6, 6.07) is 10.4. The maximum atomic E-state index is 12.4. The predicted molar refractivity (Wildman–Crippen MR) is 93.6 cm³/mol. The molecule has 0 radical (unpaired) electrons. The number of hydrogen-bond donors (Lipinski definition) is 0. The van der Waals surface area contributed by atoms with E-state index in [0.29, 0.717) is 32.7 Å². The second-order valence-electron chi connectivity index (χ2n) is 5.40. The molecule has 0 aliphatic carbocycles. The third-order valence-corrected chi connectivity index (χ3v) is 4.35. The first-order valence-electron chi connectivity index (χ1n) is 7.57. The van der Waals surface area contributed by atoms with E-state index in [1.807, 2.05) is 0 Å². The molecule has 1 aromatic heterocycles. The van der Waals surface area contributed by atoms with Gasteiger partial charge in [0.15, 0.2) is 29.3 Å². The van der Waals surface area contributed by atoms with Crippen molar-refractivity contribution < 1.29 is 23.4 Å². The van der Waals surface area contributed by atoms with E-state index in [2.05, 4.69) is 4.98 Å². The zero-order valence-electron chi connectivity index (χ0n) is 13.2. The molecule has 0 N–H and O–H groups in total. The molecule has 0 atom stereocenters. The van der Waals surface area contributed by atoms with Crippen molar-refractivity contribution in [3.05, 3.63) is 64.1 Å². The van der Waals surface area contributed by atoms with Crippen LogP contribution in [0.2, 0.25) is 10.0 Å². The monoisotopic (exact) mass is 391 g/mol. The van der Waals surface area contributed by atoms with Crippen LogP contribution in [0.3, 0.4) is 0 Å². The highest BCUT2D eigenvalue weighted by Gasteiger charge is 2.23. The van der Waals surface area contributed by atoms with E-state index >= 15 is 0 Å². The molecule has 8 heteroatoms. The van der Waals surface area contributed by atoms with Crippen LogP contribution in [0, 0.1) is 0 Å². The molecule has 0 bridgehead atoms. The fourth-order valence-electron chi connectivity index (χ4n) is 2.55. The van der Waals surface area contributed by atoms with Gasteiger partial charge in [-0.1, -0.05) is 35.3 Å². The number of ether oxygens (including phenoxy) is 3. The fraction of sp³-hybridized carbons (Fsp3) is 0.111. The van der Waals surface area contributed by atoms with Crippen LogP contribution in [0.1, 0.15) is 16.1 Å². The number of fused-ring (bicyclic) bond motifs is 1. The lowest BCUT2D eigenvalue weighted by Crippen LogP contribution is -2.07. The zero-order valence-corrected chi connectivity index (χ0v) is 14.7. The quantitative estimate of drug-likeness (QED) is 0.598. The Bertz CT molecular complexity index is 985. The number of oxazole rings is 1. The summed E-state index contributed by atoms with van der Waals surface area (Å²) in [6.45, 7) is 0.0996. The van der Waals surface area contributed by atoms with Crippen LogP contribution in [0.4, 0.5) is 0 Å². The molecule has 6 nitrogen and oxygen atoms in total. The third-order valence-electron chi connectivity index (χ3n) is 3.74. The van der Waals surface area contributed by atoms with Gasteiger partial charge in [-0.05, 0) is 29.8 Å². The van der Waals surface area contributed by atoms with E-state index in [0.717, 1.165) is 0 Å². The molecule has 132 valence electrons. The molecule has 0 unspecified atom stereocenters. The van der Waals surface area contributed by atoms with Crippen molar-refractivity contribution in [2.45, 2.75) is 6.61 Å². The number of carbonyl (C=O) groups is 1. The molecule has 0 fully saturated rings. The molecule has 0 amide bonds. The first-order chi connectivity index (χ1) is 12.6. The molecular formula is C18H11Cl2NO5. The second kappa shape index (κ2) is 6.90. The first kappa shape index (κ1) is 16.8. The van der Waals surface area contributed by atoms with Crippen LogP contribution in [0.5, 0.6) is 11.5 Å². The van der Waals surface area contributed by atoms with Gasteiger partial charge in [-0.2, -0.15) is 0 Å². The lowest BCUT2D eigenvalue weighted by molar-refractivity contribution is 0.0466. The van der Waals surface area contributed by atoms with E-state index in [1.165, 1.54) is 6.39 Å². The number of benzene rings is 2. The molecule has 4 rings (SSSR count). The molecule has 0 spiro atoms. The fourth-order valence-corrected chi connectivity index (χ4v) is 3.06. The van der Waals surface area contributed by atoms with E-state index < -0.39 is 5.97 Å². The van der Waals surface area contributed by atoms with Crippen molar-refractivity contribution in [1.82, 2.24) is 4.98 Å². The molecule has 26 heavy (non-hydrogen) atoms. The van der Waals surface area contributed by atoms with E-state index in [-0.39, 0.29) is 24.9 Å². The van der Waals surface area contributed by atoms with Crippen molar-refractivity contribution in [3.8, 4) is 22.8 Å². The third kappa shape index (κ3) is 3.09. The number of nitrogens with zero attached hydrogens (tertiary/aromatic N) is 1. The lowest BCUT2D eigenvalue weighted by atomic mass is 10.1. The minimum atomic E-state index is -0.637. The van der Waals surface area contributed by atoms with E-state index in [4.69, 9.17) is 41.8 Å². The summed E-state index contributed by atoms with van der Waals surface area (Å²) in [5.74, 6) is 0.618. The Balaban J connectivity index is 1.53. The van der Waals surface area contributed by atoms with Crippen molar-refractivity contribution in [3.63, 3.8) is 0 Å². The van der Waals surface area contributed by atoms with Gasteiger partial charge in [-0.15, -0.1) is 0 Å². The maximum Gasteiger partial charge on any atom is 0.361 e. The van der Waals surface area contributed by atoms with E-state index in [1.54, 1.807) is 36.4 Å². The molecular weight excluding hydrogens is 381 g/mol. The highest BCUT2D eigenvalue weighted by atomic mass is 35.5. The van der Waals surface area contributed by atoms with Crippen LogP contribution >= 0.6 is 23.2 Å². The standard InChI is InChI=1S/C18H11Cl2NO5/c19-12-4-2-1-3-11(12)16-15(21-8-24-16)18(22)23-7-10-5-13(20)17-14(6-10)25-9-26-17/h1-6,8H,7,9H2. The number of aromatic nitrogens is 1. The molecule has 0 saturated heterocycles. The van der Waals surface area contributed by atoms with Crippen LogP contribution in [-0.2, 0) is 11.3 Å². The number of rotatable bonds is 4. The lowest BCUT2D eigenvalue weighted by Gasteiger charge is -2.07. The molecule has 2 heterocycles. The van der Waals surface area contributed by atoms with Gasteiger partial charge >= 0.3 is 5.97 Å². The van der Waals surface area contributed by atoms with Gasteiger partial charge in [-0.3, -0.25) is 0 Å². The normalized spacial score (nSPS) is 12.2. The Kier molecular flexibility index (Phi) is 4.44. The highest BCUT2D eigenvalue weighted by Crippen LogP contribution is 2.40.